The quantitative estimate of drug-likeness (QED) is 0.796. The highest BCUT2D eigenvalue weighted by Crippen LogP contribution is 2.30. The molecule has 0 radical (unpaired) electrons. The minimum Gasteiger partial charge on any atom is -0.488 e. The second-order valence-corrected chi connectivity index (χ2v) is 6.27. The van der Waals surface area contributed by atoms with Gasteiger partial charge in [0.2, 0.25) is 0 Å². The Kier molecular flexibility index (Phi) is 3.62. The molecule has 2 aliphatic heterocycles. The van der Waals surface area contributed by atoms with Gasteiger partial charge in [-0.2, -0.15) is 0 Å². The Morgan fingerprint density at radius 3 is 3.11 bits per heavy atom. The Balaban J connectivity index is 1.58. The number of halogens is 1. The van der Waals surface area contributed by atoms with E-state index in [4.69, 9.17) is 4.74 Å². The van der Waals surface area contributed by atoms with Crippen LogP contribution in [0.1, 0.15) is 17.5 Å². The minimum absolute atomic E-state index is 0.357. The standard InChI is InChI=1S/C15H20BrNO/c1-11-2-3-15-13(6-11)7-14(18-15)10-17-5-4-12(8-16)9-17/h2-3,6,12,14H,4-5,7-10H2,1H3. The number of fused-ring (bicyclic) bond motifs is 1. The zero-order valence-electron chi connectivity index (χ0n) is 10.9. The summed E-state index contributed by atoms with van der Waals surface area (Å²) in [5, 5.41) is 1.13. The summed E-state index contributed by atoms with van der Waals surface area (Å²) in [5.41, 5.74) is 2.72. The van der Waals surface area contributed by atoms with Gasteiger partial charge in [-0.3, -0.25) is 4.90 Å². The lowest BCUT2D eigenvalue weighted by atomic mass is 10.1. The van der Waals surface area contributed by atoms with Crippen LogP contribution in [0.15, 0.2) is 18.2 Å². The van der Waals surface area contributed by atoms with E-state index in [9.17, 15) is 0 Å². The van der Waals surface area contributed by atoms with Gasteiger partial charge in [0.1, 0.15) is 11.9 Å². The van der Waals surface area contributed by atoms with Crippen molar-refractivity contribution in [3.8, 4) is 5.75 Å². The molecule has 2 unspecified atom stereocenters. The topological polar surface area (TPSA) is 12.5 Å². The average Bonchev–Trinajstić information content (AvgIpc) is 2.95. The number of rotatable bonds is 3. The van der Waals surface area contributed by atoms with Crippen LogP contribution in [-0.2, 0) is 6.42 Å². The Morgan fingerprint density at radius 1 is 1.44 bits per heavy atom. The molecule has 3 rings (SSSR count). The Bertz CT molecular complexity index is 435. The van der Waals surface area contributed by atoms with Crippen LogP contribution in [0.25, 0.3) is 0 Å². The molecule has 1 aromatic rings. The van der Waals surface area contributed by atoms with Crippen LogP contribution < -0.4 is 4.74 Å². The predicted octanol–water partition coefficient (Wildman–Crippen LogP) is 3.02. The number of likely N-dealkylation sites (tertiary alicyclic amines) is 1. The van der Waals surface area contributed by atoms with Crippen molar-refractivity contribution in [1.29, 1.82) is 0 Å². The molecule has 0 spiro atoms. The van der Waals surface area contributed by atoms with E-state index in [0.29, 0.717) is 6.10 Å². The van der Waals surface area contributed by atoms with E-state index in [1.807, 2.05) is 0 Å². The molecule has 0 N–H and O–H groups in total. The summed E-state index contributed by atoms with van der Waals surface area (Å²) >= 11 is 3.59. The summed E-state index contributed by atoms with van der Waals surface area (Å²) in [7, 11) is 0. The predicted molar refractivity (Wildman–Crippen MR) is 77.6 cm³/mol. The molecule has 2 heterocycles. The second-order valence-electron chi connectivity index (χ2n) is 5.62. The fourth-order valence-corrected chi connectivity index (χ4v) is 3.57. The van der Waals surface area contributed by atoms with E-state index in [1.54, 1.807) is 0 Å². The van der Waals surface area contributed by atoms with Gasteiger partial charge in [0.25, 0.3) is 0 Å². The number of benzene rings is 1. The van der Waals surface area contributed by atoms with Crippen LogP contribution in [0.5, 0.6) is 5.75 Å². The van der Waals surface area contributed by atoms with Crippen LogP contribution in [-0.4, -0.2) is 36.0 Å². The average molecular weight is 310 g/mol. The van der Waals surface area contributed by atoms with Gasteiger partial charge in [0.05, 0.1) is 0 Å². The molecular formula is C15H20BrNO. The molecule has 2 nitrogen and oxygen atoms in total. The van der Waals surface area contributed by atoms with Crippen molar-refractivity contribution in [2.75, 3.05) is 25.0 Å². The van der Waals surface area contributed by atoms with Crippen LogP contribution in [0.2, 0.25) is 0 Å². The molecule has 98 valence electrons. The lowest BCUT2D eigenvalue weighted by molar-refractivity contribution is 0.166. The summed E-state index contributed by atoms with van der Waals surface area (Å²) in [5.74, 6) is 1.93. The third-order valence-electron chi connectivity index (χ3n) is 4.01. The van der Waals surface area contributed by atoms with Crippen LogP contribution >= 0.6 is 15.9 Å². The van der Waals surface area contributed by atoms with Gasteiger partial charge in [0.15, 0.2) is 0 Å². The largest absolute Gasteiger partial charge is 0.488 e. The smallest absolute Gasteiger partial charge is 0.123 e. The summed E-state index contributed by atoms with van der Waals surface area (Å²) in [6.07, 6.45) is 2.76. The van der Waals surface area contributed by atoms with Gasteiger partial charge in [0, 0.05) is 24.8 Å². The molecule has 0 saturated carbocycles. The van der Waals surface area contributed by atoms with E-state index < -0.39 is 0 Å². The molecule has 2 atom stereocenters. The molecule has 18 heavy (non-hydrogen) atoms. The van der Waals surface area contributed by atoms with Crippen molar-refractivity contribution in [3.05, 3.63) is 29.3 Å². The van der Waals surface area contributed by atoms with Gasteiger partial charge in [-0.15, -0.1) is 0 Å². The zero-order chi connectivity index (χ0) is 12.5. The second kappa shape index (κ2) is 5.22. The molecular weight excluding hydrogens is 290 g/mol. The maximum Gasteiger partial charge on any atom is 0.123 e. The van der Waals surface area contributed by atoms with Crippen molar-refractivity contribution in [2.45, 2.75) is 25.9 Å². The molecule has 1 aromatic carbocycles. The Morgan fingerprint density at radius 2 is 2.33 bits per heavy atom. The lowest BCUT2D eigenvalue weighted by Crippen LogP contribution is -2.33. The number of aryl methyl sites for hydroxylation is 1. The SMILES string of the molecule is Cc1ccc2c(c1)CC(CN1CCC(CBr)C1)O2. The van der Waals surface area contributed by atoms with E-state index in [0.717, 1.165) is 30.0 Å². The van der Waals surface area contributed by atoms with Gasteiger partial charge in [-0.1, -0.05) is 33.6 Å². The van der Waals surface area contributed by atoms with E-state index in [2.05, 4.69) is 46.0 Å². The van der Waals surface area contributed by atoms with Crippen LogP contribution in [0.4, 0.5) is 0 Å². The van der Waals surface area contributed by atoms with Gasteiger partial charge < -0.3 is 4.74 Å². The first-order valence-electron chi connectivity index (χ1n) is 6.79. The van der Waals surface area contributed by atoms with Crippen molar-refractivity contribution < 1.29 is 4.74 Å². The molecule has 2 aliphatic rings. The molecule has 0 amide bonds. The molecule has 0 aliphatic carbocycles. The van der Waals surface area contributed by atoms with Crippen molar-refractivity contribution in [2.24, 2.45) is 5.92 Å². The van der Waals surface area contributed by atoms with Crippen molar-refractivity contribution in [1.82, 2.24) is 4.90 Å². The Hall–Kier alpha value is -0.540. The number of ether oxygens (including phenoxy) is 1. The summed E-state index contributed by atoms with van der Waals surface area (Å²) in [6.45, 7) is 5.68. The van der Waals surface area contributed by atoms with E-state index >= 15 is 0 Å². The fourth-order valence-electron chi connectivity index (χ4n) is 3.04. The first-order chi connectivity index (χ1) is 8.74. The number of nitrogens with zero attached hydrogens (tertiary/aromatic N) is 1. The number of hydrogen-bond donors (Lipinski definition) is 0. The summed E-state index contributed by atoms with van der Waals surface area (Å²) in [6, 6.07) is 6.52. The molecule has 0 bridgehead atoms. The maximum atomic E-state index is 6.04. The van der Waals surface area contributed by atoms with E-state index in [1.165, 1.54) is 30.6 Å². The van der Waals surface area contributed by atoms with Crippen molar-refractivity contribution in [3.63, 3.8) is 0 Å². The summed E-state index contributed by atoms with van der Waals surface area (Å²) < 4.78 is 6.04. The molecule has 1 saturated heterocycles. The lowest BCUT2D eigenvalue weighted by Gasteiger charge is -2.20. The highest BCUT2D eigenvalue weighted by molar-refractivity contribution is 9.09. The fraction of sp³-hybridized carbons (Fsp3) is 0.600. The molecule has 0 aromatic heterocycles. The zero-order valence-corrected chi connectivity index (χ0v) is 12.4. The normalized spacial score (nSPS) is 27.2. The number of alkyl halides is 1. The third-order valence-corrected chi connectivity index (χ3v) is 4.92. The first-order valence-corrected chi connectivity index (χ1v) is 7.91. The monoisotopic (exact) mass is 309 g/mol. The first kappa shape index (κ1) is 12.5. The summed E-state index contributed by atoms with van der Waals surface area (Å²) in [4.78, 5) is 2.55. The molecule has 1 fully saturated rings. The Labute approximate surface area is 117 Å². The van der Waals surface area contributed by atoms with E-state index in [-0.39, 0.29) is 0 Å². The van der Waals surface area contributed by atoms with Gasteiger partial charge in [-0.25, -0.2) is 0 Å². The third kappa shape index (κ3) is 2.57. The maximum absolute atomic E-state index is 6.04. The van der Waals surface area contributed by atoms with Gasteiger partial charge in [-0.05, 0) is 37.4 Å². The highest BCUT2D eigenvalue weighted by Gasteiger charge is 2.28. The van der Waals surface area contributed by atoms with Crippen LogP contribution in [0.3, 0.4) is 0 Å². The van der Waals surface area contributed by atoms with Crippen LogP contribution in [0, 0.1) is 12.8 Å². The highest BCUT2D eigenvalue weighted by atomic mass is 79.9. The minimum atomic E-state index is 0.357. The number of hydrogen-bond acceptors (Lipinski definition) is 2. The van der Waals surface area contributed by atoms with Crippen molar-refractivity contribution >= 4 is 15.9 Å². The van der Waals surface area contributed by atoms with Gasteiger partial charge >= 0.3 is 0 Å². The molecule has 3 heteroatoms.